The summed E-state index contributed by atoms with van der Waals surface area (Å²) in [5.41, 5.74) is 0. The fourth-order valence-electron chi connectivity index (χ4n) is 3.27. The van der Waals surface area contributed by atoms with Crippen LogP contribution in [0.3, 0.4) is 0 Å². The molecule has 0 aromatic carbocycles. The van der Waals surface area contributed by atoms with Gasteiger partial charge in [0.2, 0.25) is 0 Å². The third-order valence-electron chi connectivity index (χ3n) is 4.98. The van der Waals surface area contributed by atoms with Crippen molar-refractivity contribution in [2.45, 2.75) is 84.7 Å². The van der Waals surface area contributed by atoms with Crippen LogP contribution in [0.1, 0.15) is 72.6 Å². The highest BCUT2D eigenvalue weighted by molar-refractivity contribution is 4.77. The molecule has 0 spiro atoms. The summed E-state index contributed by atoms with van der Waals surface area (Å²) in [5.74, 6) is 0.872. The van der Waals surface area contributed by atoms with Gasteiger partial charge in [0.15, 0.2) is 0 Å². The Bertz CT molecular complexity index is 207. The zero-order valence-corrected chi connectivity index (χ0v) is 13.8. The van der Waals surface area contributed by atoms with Crippen molar-refractivity contribution in [3.8, 4) is 0 Å². The molecule has 1 rings (SSSR count). The van der Waals surface area contributed by atoms with Crippen LogP contribution in [-0.2, 0) is 0 Å². The molecule has 1 atom stereocenters. The smallest absolute Gasteiger partial charge is 0.0192 e. The van der Waals surface area contributed by atoms with Crippen molar-refractivity contribution in [3.63, 3.8) is 0 Å². The van der Waals surface area contributed by atoms with Gasteiger partial charge in [-0.1, -0.05) is 52.9 Å². The predicted octanol–water partition coefficient (Wildman–Crippen LogP) is 4.06. The quantitative estimate of drug-likeness (QED) is 0.678. The lowest BCUT2D eigenvalue weighted by Crippen LogP contribution is -2.45. The van der Waals surface area contributed by atoms with E-state index in [1.54, 1.807) is 0 Å². The summed E-state index contributed by atoms with van der Waals surface area (Å²) in [7, 11) is 0. The van der Waals surface area contributed by atoms with Crippen LogP contribution < -0.4 is 5.32 Å². The van der Waals surface area contributed by atoms with Crippen LogP contribution >= 0.6 is 0 Å². The van der Waals surface area contributed by atoms with Gasteiger partial charge in [0.05, 0.1) is 0 Å². The Labute approximate surface area is 121 Å². The molecular weight excluding hydrogens is 232 g/mol. The van der Waals surface area contributed by atoms with Crippen LogP contribution in [0, 0.1) is 5.92 Å². The van der Waals surface area contributed by atoms with E-state index in [0.29, 0.717) is 6.04 Å². The number of nitrogens with one attached hydrogen (secondary N) is 1. The number of nitrogens with zero attached hydrogens (tertiary/aromatic N) is 1. The van der Waals surface area contributed by atoms with Gasteiger partial charge in [-0.3, -0.25) is 4.90 Å². The Balaban J connectivity index is 2.29. The van der Waals surface area contributed by atoms with Crippen molar-refractivity contribution in [2.24, 2.45) is 5.92 Å². The minimum Gasteiger partial charge on any atom is -0.312 e. The van der Waals surface area contributed by atoms with Crippen LogP contribution in [0.25, 0.3) is 0 Å². The van der Waals surface area contributed by atoms with Gasteiger partial charge in [-0.2, -0.15) is 0 Å². The Kier molecular flexibility index (Phi) is 8.72. The second-order valence-corrected chi connectivity index (χ2v) is 6.36. The van der Waals surface area contributed by atoms with E-state index < -0.39 is 0 Å². The second-order valence-electron chi connectivity index (χ2n) is 6.36. The van der Waals surface area contributed by atoms with Crippen LogP contribution in [0.15, 0.2) is 0 Å². The Morgan fingerprint density at radius 1 is 1.05 bits per heavy atom. The average molecular weight is 268 g/mol. The maximum absolute atomic E-state index is 3.80. The summed E-state index contributed by atoms with van der Waals surface area (Å²) in [6, 6.07) is 1.47. The molecule has 1 unspecified atom stereocenters. The van der Waals surface area contributed by atoms with Gasteiger partial charge in [0.25, 0.3) is 0 Å². The highest BCUT2D eigenvalue weighted by Gasteiger charge is 2.18. The molecule has 2 heteroatoms. The number of likely N-dealkylation sites (N-methyl/N-ethyl adjacent to an activating group) is 1. The lowest BCUT2D eigenvalue weighted by Gasteiger charge is -2.33. The molecule has 2 nitrogen and oxygen atoms in total. The Morgan fingerprint density at radius 2 is 1.68 bits per heavy atom. The second kappa shape index (κ2) is 9.77. The van der Waals surface area contributed by atoms with Crippen molar-refractivity contribution < 1.29 is 0 Å². The van der Waals surface area contributed by atoms with Crippen molar-refractivity contribution in [1.29, 1.82) is 0 Å². The zero-order valence-electron chi connectivity index (χ0n) is 13.8. The number of hydrogen-bond acceptors (Lipinski definition) is 2. The molecule has 1 aliphatic rings. The van der Waals surface area contributed by atoms with Crippen molar-refractivity contribution in [1.82, 2.24) is 10.2 Å². The molecule has 1 fully saturated rings. The first-order valence-electron chi connectivity index (χ1n) is 8.68. The highest BCUT2D eigenvalue weighted by Crippen LogP contribution is 2.18. The average Bonchev–Trinajstić information content (AvgIpc) is 2.47. The summed E-state index contributed by atoms with van der Waals surface area (Å²) in [6.07, 6.45) is 9.72. The summed E-state index contributed by atoms with van der Waals surface area (Å²) in [5, 5.41) is 3.80. The number of rotatable bonds is 9. The van der Waals surface area contributed by atoms with Gasteiger partial charge in [-0.05, 0) is 32.2 Å². The maximum atomic E-state index is 3.80. The minimum atomic E-state index is 0.674. The predicted molar refractivity (Wildman–Crippen MR) is 85.7 cm³/mol. The molecule has 0 radical (unpaired) electrons. The summed E-state index contributed by atoms with van der Waals surface area (Å²) < 4.78 is 0. The maximum Gasteiger partial charge on any atom is 0.0192 e. The number of hydrogen-bond donors (Lipinski definition) is 1. The first-order chi connectivity index (χ1) is 9.21. The molecule has 0 aromatic heterocycles. The molecule has 0 heterocycles. The van der Waals surface area contributed by atoms with E-state index in [1.165, 1.54) is 64.6 Å². The molecule has 0 aliphatic heterocycles. The van der Waals surface area contributed by atoms with Gasteiger partial charge < -0.3 is 5.32 Å². The van der Waals surface area contributed by atoms with Gasteiger partial charge in [-0.15, -0.1) is 0 Å². The van der Waals surface area contributed by atoms with Gasteiger partial charge in [0.1, 0.15) is 0 Å². The summed E-state index contributed by atoms with van der Waals surface area (Å²) in [6.45, 7) is 13.0. The van der Waals surface area contributed by atoms with Crippen LogP contribution in [0.2, 0.25) is 0 Å². The van der Waals surface area contributed by atoms with Gasteiger partial charge in [0, 0.05) is 25.2 Å². The molecule has 1 aliphatic carbocycles. The molecule has 0 bridgehead atoms. The lowest BCUT2D eigenvalue weighted by atomic mass is 9.95. The first-order valence-corrected chi connectivity index (χ1v) is 8.68. The molecule has 0 amide bonds. The monoisotopic (exact) mass is 268 g/mol. The molecule has 1 N–H and O–H groups in total. The summed E-state index contributed by atoms with van der Waals surface area (Å²) in [4.78, 5) is 2.66. The molecule has 1 saturated carbocycles. The third kappa shape index (κ3) is 6.27. The molecule has 114 valence electrons. The van der Waals surface area contributed by atoms with Crippen molar-refractivity contribution >= 4 is 0 Å². The third-order valence-corrected chi connectivity index (χ3v) is 4.98. The Morgan fingerprint density at radius 3 is 2.21 bits per heavy atom. The van der Waals surface area contributed by atoms with Crippen molar-refractivity contribution in [2.75, 3.05) is 19.6 Å². The van der Waals surface area contributed by atoms with Gasteiger partial charge in [-0.25, -0.2) is 0 Å². The van der Waals surface area contributed by atoms with Crippen LogP contribution in [-0.4, -0.2) is 36.6 Å². The summed E-state index contributed by atoms with van der Waals surface area (Å²) >= 11 is 0. The fraction of sp³-hybridized carbons (Fsp3) is 1.00. The first kappa shape index (κ1) is 17.0. The fourth-order valence-corrected chi connectivity index (χ4v) is 3.27. The topological polar surface area (TPSA) is 15.3 Å². The largest absolute Gasteiger partial charge is 0.312 e. The van der Waals surface area contributed by atoms with Crippen molar-refractivity contribution in [3.05, 3.63) is 0 Å². The molecule has 19 heavy (non-hydrogen) atoms. The standard InChI is InChI=1S/C17H36N2/c1-5-16(6-2)14-19(7-3)15(4)13-18-17-11-9-8-10-12-17/h15-18H,5-14H2,1-4H3. The highest BCUT2D eigenvalue weighted by atomic mass is 15.2. The lowest BCUT2D eigenvalue weighted by molar-refractivity contribution is 0.172. The van der Waals surface area contributed by atoms with Crippen LogP contribution in [0.5, 0.6) is 0 Å². The molecule has 0 saturated heterocycles. The Hall–Kier alpha value is -0.0800. The van der Waals surface area contributed by atoms with Gasteiger partial charge >= 0.3 is 0 Å². The van der Waals surface area contributed by atoms with E-state index in [0.717, 1.165) is 12.0 Å². The zero-order chi connectivity index (χ0) is 14.1. The van der Waals surface area contributed by atoms with Crippen LogP contribution in [0.4, 0.5) is 0 Å². The van der Waals surface area contributed by atoms with E-state index >= 15 is 0 Å². The van der Waals surface area contributed by atoms with E-state index in [9.17, 15) is 0 Å². The molecule has 0 aromatic rings. The van der Waals surface area contributed by atoms with E-state index in [4.69, 9.17) is 0 Å². The van der Waals surface area contributed by atoms with E-state index in [1.807, 2.05) is 0 Å². The minimum absolute atomic E-state index is 0.674. The SMILES string of the molecule is CCC(CC)CN(CC)C(C)CNC1CCCCC1. The van der Waals surface area contributed by atoms with E-state index in [2.05, 4.69) is 37.9 Å². The van der Waals surface area contributed by atoms with E-state index in [-0.39, 0.29) is 0 Å². The normalized spacial score (nSPS) is 19.3. The molecular formula is C17H36N2.